The van der Waals surface area contributed by atoms with Gasteiger partial charge < -0.3 is 11.5 Å². The SMILES string of the molecule is CC(N)(CCCCCc1ccccc1)C(N)=O.Cl. The third-order valence-corrected chi connectivity index (χ3v) is 3.07. The van der Waals surface area contributed by atoms with E-state index in [0.717, 1.165) is 25.7 Å². The quantitative estimate of drug-likeness (QED) is 0.747. The minimum atomic E-state index is -0.854. The van der Waals surface area contributed by atoms with Crippen LogP contribution in [0.4, 0.5) is 0 Å². The third-order valence-electron chi connectivity index (χ3n) is 3.07. The zero-order valence-electron chi connectivity index (χ0n) is 10.9. The van der Waals surface area contributed by atoms with Crippen LogP contribution in [0, 0.1) is 0 Å². The molecule has 0 spiro atoms. The van der Waals surface area contributed by atoms with Gasteiger partial charge in [-0.25, -0.2) is 0 Å². The van der Waals surface area contributed by atoms with Crippen molar-refractivity contribution in [1.82, 2.24) is 0 Å². The minimum absolute atomic E-state index is 0. The van der Waals surface area contributed by atoms with Crippen molar-refractivity contribution < 1.29 is 4.79 Å². The molecule has 3 nitrogen and oxygen atoms in total. The number of rotatable bonds is 7. The van der Waals surface area contributed by atoms with Crippen molar-refractivity contribution >= 4 is 18.3 Å². The van der Waals surface area contributed by atoms with Gasteiger partial charge in [0.05, 0.1) is 5.54 Å². The zero-order valence-corrected chi connectivity index (χ0v) is 11.7. The van der Waals surface area contributed by atoms with E-state index in [0.29, 0.717) is 6.42 Å². The Balaban J connectivity index is 0.00000289. The molecular formula is C14H23ClN2O. The molecule has 1 aromatic rings. The molecule has 0 radical (unpaired) electrons. The highest BCUT2D eigenvalue weighted by Crippen LogP contribution is 2.13. The summed E-state index contributed by atoms with van der Waals surface area (Å²) in [5.74, 6) is -0.416. The van der Waals surface area contributed by atoms with Gasteiger partial charge in [0.15, 0.2) is 0 Å². The van der Waals surface area contributed by atoms with Gasteiger partial charge in [-0.2, -0.15) is 0 Å². The van der Waals surface area contributed by atoms with Crippen molar-refractivity contribution in [2.75, 3.05) is 0 Å². The lowest BCUT2D eigenvalue weighted by atomic mass is 9.94. The first-order chi connectivity index (χ1) is 8.02. The largest absolute Gasteiger partial charge is 0.368 e. The zero-order chi connectivity index (χ0) is 12.7. The molecule has 0 saturated heterocycles. The highest BCUT2D eigenvalue weighted by molar-refractivity contribution is 5.85. The first-order valence-electron chi connectivity index (χ1n) is 6.15. The number of aryl methyl sites for hydroxylation is 1. The van der Waals surface area contributed by atoms with Crippen LogP contribution in [0.1, 0.15) is 38.2 Å². The Morgan fingerprint density at radius 3 is 2.33 bits per heavy atom. The van der Waals surface area contributed by atoms with Crippen molar-refractivity contribution in [2.45, 2.75) is 44.6 Å². The van der Waals surface area contributed by atoms with Crippen molar-refractivity contribution in [3.8, 4) is 0 Å². The number of halogens is 1. The second-order valence-electron chi connectivity index (χ2n) is 4.83. The molecule has 0 aliphatic carbocycles. The summed E-state index contributed by atoms with van der Waals surface area (Å²) in [6.45, 7) is 1.70. The van der Waals surface area contributed by atoms with Crippen LogP contribution in [-0.2, 0) is 11.2 Å². The van der Waals surface area contributed by atoms with Gasteiger partial charge >= 0.3 is 0 Å². The van der Waals surface area contributed by atoms with Gasteiger partial charge in [-0.15, -0.1) is 12.4 Å². The smallest absolute Gasteiger partial charge is 0.237 e. The average molecular weight is 271 g/mol. The van der Waals surface area contributed by atoms with Crippen molar-refractivity contribution in [3.63, 3.8) is 0 Å². The van der Waals surface area contributed by atoms with E-state index < -0.39 is 11.4 Å². The van der Waals surface area contributed by atoms with E-state index in [1.807, 2.05) is 6.07 Å². The predicted molar refractivity (Wildman–Crippen MR) is 77.6 cm³/mol. The van der Waals surface area contributed by atoms with Gasteiger partial charge in [0, 0.05) is 0 Å². The third kappa shape index (κ3) is 6.03. The molecular weight excluding hydrogens is 248 g/mol. The fourth-order valence-electron chi connectivity index (χ4n) is 1.77. The number of hydrogen-bond acceptors (Lipinski definition) is 2. The lowest BCUT2D eigenvalue weighted by Crippen LogP contribution is -2.49. The van der Waals surface area contributed by atoms with E-state index in [1.54, 1.807) is 6.92 Å². The fourth-order valence-corrected chi connectivity index (χ4v) is 1.77. The number of carbonyl (C=O) groups excluding carboxylic acids is 1. The van der Waals surface area contributed by atoms with Gasteiger partial charge in [0.2, 0.25) is 5.91 Å². The predicted octanol–water partition coefficient (Wildman–Crippen LogP) is 2.41. The van der Waals surface area contributed by atoms with Crippen molar-refractivity contribution in [2.24, 2.45) is 11.5 Å². The van der Waals surface area contributed by atoms with Crippen molar-refractivity contribution in [3.05, 3.63) is 35.9 Å². The number of primary amides is 1. The van der Waals surface area contributed by atoms with E-state index in [-0.39, 0.29) is 12.4 Å². The monoisotopic (exact) mass is 270 g/mol. The molecule has 0 aliphatic heterocycles. The van der Waals surface area contributed by atoms with E-state index >= 15 is 0 Å². The van der Waals surface area contributed by atoms with Crippen LogP contribution in [0.5, 0.6) is 0 Å². The average Bonchev–Trinajstić information content (AvgIpc) is 2.29. The minimum Gasteiger partial charge on any atom is -0.368 e. The maximum Gasteiger partial charge on any atom is 0.237 e. The number of unbranched alkanes of at least 4 members (excludes halogenated alkanes) is 2. The Morgan fingerprint density at radius 1 is 1.17 bits per heavy atom. The summed E-state index contributed by atoms with van der Waals surface area (Å²) < 4.78 is 0. The molecule has 0 saturated carbocycles. The maximum absolute atomic E-state index is 11.0. The van der Waals surface area contributed by atoms with Crippen LogP contribution in [-0.4, -0.2) is 11.4 Å². The number of nitrogens with two attached hydrogens (primary N) is 2. The molecule has 0 aliphatic rings. The molecule has 4 N–H and O–H groups in total. The number of benzene rings is 1. The second kappa shape index (κ2) is 8.11. The molecule has 0 bridgehead atoms. The van der Waals surface area contributed by atoms with Crippen LogP contribution in [0.3, 0.4) is 0 Å². The van der Waals surface area contributed by atoms with E-state index in [4.69, 9.17) is 11.5 Å². The van der Waals surface area contributed by atoms with Crippen LogP contribution >= 0.6 is 12.4 Å². The highest BCUT2D eigenvalue weighted by atomic mass is 35.5. The molecule has 1 unspecified atom stereocenters. The van der Waals surface area contributed by atoms with Gasteiger partial charge in [0.1, 0.15) is 0 Å². The molecule has 0 heterocycles. The molecule has 0 aromatic heterocycles. The van der Waals surface area contributed by atoms with Gasteiger partial charge in [-0.05, 0) is 31.7 Å². The number of carbonyl (C=O) groups is 1. The van der Waals surface area contributed by atoms with Crippen LogP contribution in [0.25, 0.3) is 0 Å². The van der Waals surface area contributed by atoms with Crippen LogP contribution in [0.2, 0.25) is 0 Å². The molecule has 18 heavy (non-hydrogen) atoms. The molecule has 4 heteroatoms. The summed E-state index contributed by atoms with van der Waals surface area (Å²) in [6, 6.07) is 10.4. The fraction of sp³-hybridized carbons (Fsp3) is 0.500. The van der Waals surface area contributed by atoms with E-state index in [9.17, 15) is 4.79 Å². The Kier molecular flexibility index (Phi) is 7.64. The Morgan fingerprint density at radius 2 is 1.78 bits per heavy atom. The summed E-state index contributed by atoms with van der Waals surface area (Å²) in [5.41, 5.74) is 11.5. The summed E-state index contributed by atoms with van der Waals surface area (Å²) in [4.78, 5) is 11.0. The van der Waals surface area contributed by atoms with Gasteiger partial charge in [-0.3, -0.25) is 4.79 Å². The van der Waals surface area contributed by atoms with Crippen molar-refractivity contribution in [1.29, 1.82) is 0 Å². The summed E-state index contributed by atoms with van der Waals surface area (Å²) in [6.07, 6.45) is 4.90. The summed E-state index contributed by atoms with van der Waals surface area (Å²) in [7, 11) is 0. The first-order valence-corrected chi connectivity index (χ1v) is 6.15. The molecule has 102 valence electrons. The second-order valence-corrected chi connectivity index (χ2v) is 4.83. The molecule has 1 atom stereocenters. The first kappa shape index (κ1) is 16.9. The van der Waals surface area contributed by atoms with Gasteiger partial charge in [0.25, 0.3) is 0 Å². The van der Waals surface area contributed by atoms with Gasteiger partial charge in [-0.1, -0.05) is 43.2 Å². The topological polar surface area (TPSA) is 69.1 Å². The van der Waals surface area contributed by atoms with Crippen LogP contribution in [0.15, 0.2) is 30.3 Å². The molecule has 1 aromatic carbocycles. The standard InChI is InChI=1S/C14H22N2O.ClH/c1-14(16,13(15)17)11-7-3-6-10-12-8-4-2-5-9-12;/h2,4-5,8-9H,3,6-7,10-11,16H2,1H3,(H2,15,17);1H. The van der Waals surface area contributed by atoms with E-state index in [1.165, 1.54) is 5.56 Å². The normalized spacial score (nSPS) is 13.4. The lowest BCUT2D eigenvalue weighted by molar-refractivity contribution is -0.122. The highest BCUT2D eigenvalue weighted by Gasteiger charge is 2.24. The molecule has 0 fully saturated rings. The maximum atomic E-state index is 11.0. The summed E-state index contributed by atoms with van der Waals surface area (Å²) in [5, 5.41) is 0. The number of hydrogen-bond donors (Lipinski definition) is 2. The lowest BCUT2D eigenvalue weighted by Gasteiger charge is -2.19. The summed E-state index contributed by atoms with van der Waals surface area (Å²) >= 11 is 0. The van der Waals surface area contributed by atoms with E-state index in [2.05, 4.69) is 24.3 Å². The Labute approximate surface area is 115 Å². The number of amides is 1. The Hall–Kier alpha value is -1.06. The molecule has 1 amide bonds. The van der Waals surface area contributed by atoms with Crippen LogP contribution < -0.4 is 11.5 Å². The Bertz CT molecular complexity index is 352. The molecule has 1 rings (SSSR count).